The minimum atomic E-state index is -0.512. The van der Waals surface area contributed by atoms with Gasteiger partial charge in [0.25, 0.3) is 0 Å². The highest BCUT2D eigenvalue weighted by molar-refractivity contribution is 5.88. The van der Waals surface area contributed by atoms with Crippen molar-refractivity contribution in [1.29, 1.82) is 5.26 Å². The number of ether oxygens (including phenoxy) is 3. The zero-order chi connectivity index (χ0) is 20.2. The van der Waals surface area contributed by atoms with Gasteiger partial charge in [-0.15, -0.1) is 0 Å². The molecule has 0 radical (unpaired) electrons. The van der Waals surface area contributed by atoms with Crippen LogP contribution in [-0.4, -0.2) is 25.2 Å². The largest absolute Gasteiger partial charge is 0.493 e. The van der Waals surface area contributed by atoms with E-state index in [2.05, 4.69) is 6.58 Å². The lowest BCUT2D eigenvalue weighted by Crippen LogP contribution is -2.06. The third-order valence-corrected chi connectivity index (χ3v) is 3.46. The third-order valence-electron chi connectivity index (χ3n) is 3.46. The van der Waals surface area contributed by atoms with Crippen LogP contribution in [0.1, 0.15) is 17.5 Å². The van der Waals surface area contributed by atoms with Crippen molar-refractivity contribution in [3.05, 3.63) is 78.4 Å². The van der Waals surface area contributed by atoms with Crippen LogP contribution in [0.2, 0.25) is 0 Å². The second-order valence-electron chi connectivity index (χ2n) is 5.53. The predicted octanol–water partition coefficient (Wildman–Crippen LogP) is 3.68. The SMILES string of the molecule is C=CC(=O)OCCCOc1ccc(OC(=O)C=Cc2ccc(C#N)cc2)cc1. The minimum absolute atomic E-state index is 0.256. The Morgan fingerprint density at radius 1 is 0.964 bits per heavy atom. The smallest absolute Gasteiger partial charge is 0.336 e. The van der Waals surface area contributed by atoms with E-state index in [0.29, 0.717) is 30.1 Å². The van der Waals surface area contributed by atoms with Crippen LogP contribution in [0.3, 0.4) is 0 Å². The molecule has 142 valence electrons. The maximum atomic E-state index is 11.9. The molecule has 0 amide bonds. The Kier molecular flexibility index (Phi) is 8.03. The zero-order valence-corrected chi connectivity index (χ0v) is 15.2. The summed E-state index contributed by atoms with van der Waals surface area (Å²) in [7, 11) is 0. The first-order valence-electron chi connectivity index (χ1n) is 8.53. The van der Waals surface area contributed by atoms with Crippen LogP contribution in [0.15, 0.2) is 67.3 Å². The van der Waals surface area contributed by atoms with E-state index in [4.69, 9.17) is 19.5 Å². The summed E-state index contributed by atoms with van der Waals surface area (Å²) in [5, 5.41) is 8.76. The molecule has 0 saturated carbocycles. The van der Waals surface area contributed by atoms with Crippen molar-refractivity contribution in [2.75, 3.05) is 13.2 Å². The van der Waals surface area contributed by atoms with Gasteiger partial charge in [-0.1, -0.05) is 18.7 Å². The molecule has 0 aromatic heterocycles. The Bertz CT molecular complexity index is 877. The maximum absolute atomic E-state index is 11.9. The van der Waals surface area contributed by atoms with Crippen LogP contribution in [0, 0.1) is 11.3 Å². The van der Waals surface area contributed by atoms with Crippen LogP contribution < -0.4 is 9.47 Å². The lowest BCUT2D eigenvalue weighted by Gasteiger charge is -2.07. The first-order chi connectivity index (χ1) is 13.6. The maximum Gasteiger partial charge on any atom is 0.336 e. The van der Waals surface area contributed by atoms with Crippen molar-refractivity contribution >= 4 is 18.0 Å². The van der Waals surface area contributed by atoms with Gasteiger partial charge in [-0.2, -0.15) is 5.26 Å². The molecular weight excluding hydrogens is 358 g/mol. The van der Waals surface area contributed by atoms with Crippen molar-refractivity contribution in [2.45, 2.75) is 6.42 Å². The second-order valence-corrected chi connectivity index (χ2v) is 5.53. The van der Waals surface area contributed by atoms with Gasteiger partial charge < -0.3 is 14.2 Å². The normalized spacial score (nSPS) is 10.1. The number of rotatable bonds is 9. The molecule has 0 aliphatic heterocycles. The van der Waals surface area contributed by atoms with E-state index < -0.39 is 11.9 Å². The highest BCUT2D eigenvalue weighted by Crippen LogP contribution is 2.18. The second kappa shape index (κ2) is 11.0. The molecule has 0 aliphatic carbocycles. The van der Waals surface area contributed by atoms with E-state index in [0.717, 1.165) is 11.6 Å². The van der Waals surface area contributed by atoms with Gasteiger partial charge in [0.05, 0.1) is 24.8 Å². The Hall–Kier alpha value is -3.85. The fourth-order valence-corrected chi connectivity index (χ4v) is 2.07. The van der Waals surface area contributed by atoms with Gasteiger partial charge in [0.15, 0.2) is 0 Å². The lowest BCUT2D eigenvalue weighted by atomic mass is 10.1. The van der Waals surface area contributed by atoms with Crippen molar-refractivity contribution in [3.63, 3.8) is 0 Å². The number of nitrogens with zero attached hydrogens (tertiary/aromatic N) is 1. The summed E-state index contributed by atoms with van der Waals surface area (Å²) < 4.78 is 15.6. The van der Waals surface area contributed by atoms with E-state index in [9.17, 15) is 9.59 Å². The Balaban J connectivity index is 1.75. The van der Waals surface area contributed by atoms with E-state index in [1.165, 1.54) is 6.08 Å². The third kappa shape index (κ3) is 7.18. The fourth-order valence-electron chi connectivity index (χ4n) is 2.07. The zero-order valence-electron chi connectivity index (χ0n) is 15.2. The first kappa shape index (κ1) is 20.5. The predicted molar refractivity (Wildman–Crippen MR) is 104 cm³/mol. The number of hydrogen-bond acceptors (Lipinski definition) is 6. The summed E-state index contributed by atoms with van der Waals surface area (Å²) >= 11 is 0. The molecule has 6 nitrogen and oxygen atoms in total. The van der Waals surface area contributed by atoms with Crippen molar-refractivity contribution in [1.82, 2.24) is 0 Å². The molecule has 2 aromatic carbocycles. The van der Waals surface area contributed by atoms with E-state index >= 15 is 0 Å². The molecule has 0 fully saturated rings. The number of nitriles is 1. The quantitative estimate of drug-likeness (QED) is 0.287. The average molecular weight is 377 g/mol. The molecule has 2 rings (SSSR count). The average Bonchev–Trinajstić information content (AvgIpc) is 2.73. The molecule has 0 spiro atoms. The highest BCUT2D eigenvalue weighted by Gasteiger charge is 2.02. The van der Waals surface area contributed by atoms with Crippen molar-refractivity contribution in [3.8, 4) is 17.6 Å². The summed E-state index contributed by atoms with van der Waals surface area (Å²) in [4.78, 5) is 22.8. The highest BCUT2D eigenvalue weighted by atomic mass is 16.5. The number of benzene rings is 2. The van der Waals surface area contributed by atoms with Crippen LogP contribution in [0.4, 0.5) is 0 Å². The number of hydrogen-bond donors (Lipinski definition) is 0. The van der Waals surface area contributed by atoms with Crippen LogP contribution in [0.5, 0.6) is 11.5 Å². The van der Waals surface area contributed by atoms with Gasteiger partial charge in [0, 0.05) is 18.6 Å². The first-order valence-corrected chi connectivity index (χ1v) is 8.53. The Morgan fingerprint density at radius 2 is 1.64 bits per heavy atom. The summed E-state index contributed by atoms with van der Waals surface area (Å²) in [5.41, 5.74) is 1.35. The van der Waals surface area contributed by atoms with Gasteiger partial charge in [-0.05, 0) is 48.0 Å². The molecule has 0 N–H and O–H groups in total. The monoisotopic (exact) mass is 377 g/mol. The number of carbonyl (C=O) groups is 2. The number of carbonyl (C=O) groups excluding carboxylic acids is 2. The molecule has 0 saturated heterocycles. The van der Waals surface area contributed by atoms with Gasteiger partial charge in [0.2, 0.25) is 0 Å². The summed E-state index contributed by atoms with van der Waals surface area (Å²) in [5.74, 6) is 0.0335. The summed E-state index contributed by atoms with van der Waals surface area (Å²) in [6.07, 6.45) is 4.59. The number of esters is 2. The van der Waals surface area contributed by atoms with Gasteiger partial charge in [-0.3, -0.25) is 0 Å². The summed E-state index contributed by atoms with van der Waals surface area (Å²) in [6.45, 7) is 3.95. The van der Waals surface area contributed by atoms with Gasteiger partial charge >= 0.3 is 11.9 Å². The van der Waals surface area contributed by atoms with Crippen LogP contribution in [-0.2, 0) is 14.3 Å². The van der Waals surface area contributed by atoms with Gasteiger partial charge in [-0.25, -0.2) is 9.59 Å². The van der Waals surface area contributed by atoms with Gasteiger partial charge in [0.1, 0.15) is 11.5 Å². The van der Waals surface area contributed by atoms with Crippen LogP contribution in [0.25, 0.3) is 6.08 Å². The fraction of sp³-hybridized carbons (Fsp3) is 0.136. The lowest BCUT2D eigenvalue weighted by molar-refractivity contribution is -0.138. The molecule has 28 heavy (non-hydrogen) atoms. The standard InChI is InChI=1S/C22H19NO5/c1-2-21(24)27-15-3-14-26-19-9-11-20(12-10-19)28-22(25)13-8-17-4-6-18(16-23)7-5-17/h2,4-13H,1,3,14-15H2. The molecule has 0 unspecified atom stereocenters. The molecule has 6 heteroatoms. The van der Waals surface area contributed by atoms with E-state index in [1.807, 2.05) is 6.07 Å². The van der Waals surface area contributed by atoms with Crippen molar-refractivity contribution in [2.24, 2.45) is 0 Å². The van der Waals surface area contributed by atoms with Crippen molar-refractivity contribution < 1.29 is 23.8 Å². The topological polar surface area (TPSA) is 85.6 Å². The Morgan fingerprint density at radius 3 is 2.29 bits per heavy atom. The molecule has 0 heterocycles. The molecule has 0 aliphatic rings. The molecular formula is C22H19NO5. The minimum Gasteiger partial charge on any atom is -0.493 e. The van der Waals surface area contributed by atoms with Crippen LogP contribution >= 0.6 is 0 Å². The summed E-state index contributed by atoms with van der Waals surface area (Å²) in [6, 6.07) is 15.5. The molecule has 0 atom stereocenters. The molecule has 2 aromatic rings. The van der Waals surface area contributed by atoms with E-state index in [1.54, 1.807) is 54.6 Å². The Labute approximate surface area is 163 Å². The molecule has 0 bridgehead atoms. The van der Waals surface area contributed by atoms with E-state index in [-0.39, 0.29) is 6.61 Å².